The Morgan fingerprint density at radius 3 is 2.80 bits per heavy atom. The Morgan fingerprint density at radius 1 is 1.40 bits per heavy atom. The minimum absolute atomic E-state index is 0.0185. The van der Waals surface area contributed by atoms with Crippen LogP contribution >= 0.6 is 0 Å². The molecule has 112 valence electrons. The van der Waals surface area contributed by atoms with E-state index in [1.807, 2.05) is 19.4 Å². The van der Waals surface area contributed by atoms with E-state index in [9.17, 15) is 4.79 Å². The number of hydrogen-bond acceptors (Lipinski definition) is 4. The summed E-state index contributed by atoms with van der Waals surface area (Å²) in [6, 6.07) is 0.501. The fourth-order valence-corrected chi connectivity index (χ4v) is 2.82. The van der Waals surface area contributed by atoms with Gasteiger partial charge in [-0.3, -0.25) is 4.79 Å². The summed E-state index contributed by atoms with van der Waals surface area (Å²) in [5, 5.41) is 3.58. The van der Waals surface area contributed by atoms with E-state index >= 15 is 0 Å². The smallest absolute Gasteiger partial charge is 0.308 e. The second kappa shape index (κ2) is 7.43. The van der Waals surface area contributed by atoms with E-state index in [2.05, 4.69) is 21.8 Å². The van der Waals surface area contributed by atoms with Crippen molar-refractivity contribution in [2.75, 3.05) is 6.61 Å². The normalized spacial score (nSPS) is 22.7. The van der Waals surface area contributed by atoms with Crippen molar-refractivity contribution >= 4 is 5.97 Å². The van der Waals surface area contributed by atoms with E-state index < -0.39 is 0 Å². The summed E-state index contributed by atoms with van der Waals surface area (Å²) in [7, 11) is 0. The Balaban J connectivity index is 1.73. The average Bonchev–Trinajstić information content (AvgIpc) is 2.93. The minimum Gasteiger partial charge on any atom is -0.466 e. The lowest BCUT2D eigenvalue weighted by molar-refractivity contribution is -0.149. The summed E-state index contributed by atoms with van der Waals surface area (Å²) in [4.78, 5) is 15.9. The second-order valence-corrected chi connectivity index (χ2v) is 5.35. The second-order valence-electron chi connectivity index (χ2n) is 5.35. The van der Waals surface area contributed by atoms with Crippen molar-refractivity contribution in [2.45, 2.75) is 58.7 Å². The van der Waals surface area contributed by atoms with Crippen LogP contribution in [0.5, 0.6) is 0 Å². The third kappa shape index (κ3) is 3.82. The summed E-state index contributed by atoms with van der Waals surface area (Å²) in [5.41, 5.74) is 1.22. The molecule has 1 N–H and O–H groups in total. The zero-order valence-corrected chi connectivity index (χ0v) is 12.5. The van der Waals surface area contributed by atoms with Crippen LogP contribution in [0.25, 0.3) is 0 Å². The van der Waals surface area contributed by atoms with Gasteiger partial charge >= 0.3 is 5.97 Å². The molecule has 1 saturated carbocycles. The van der Waals surface area contributed by atoms with Crippen molar-refractivity contribution in [3.8, 4) is 0 Å². The van der Waals surface area contributed by atoms with Crippen molar-refractivity contribution in [1.29, 1.82) is 0 Å². The number of ether oxygens (including phenoxy) is 1. The summed E-state index contributed by atoms with van der Waals surface area (Å²) < 4.78 is 7.24. The van der Waals surface area contributed by atoms with Gasteiger partial charge in [0.25, 0.3) is 0 Å². The first kappa shape index (κ1) is 15.0. The highest BCUT2D eigenvalue weighted by Crippen LogP contribution is 2.25. The molecule has 0 bridgehead atoms. The van der Waals surface area contributed by atoms with Crippen molar-refractivity contribution < 1.29 is 9.53 Å². The molecule has 1 aromatic rings. The van der Waals surface area contributed by atoms with E-state index in [0.29, 0.717) is 12.6 Å². The van der Waals surface area contributed by atoms with Gasteiger partial charge in [-0.05, 0) is 39.5 Å². The number of esters is 1. The molecule has 0 unspecified atom stereocenters. The number of aromatic nitrogens is 2. The van der Waals surface area contributed by atoms with Gasteiger partial charge in [0, 0.05) is 25.3 Å². The van der Waals surface area contributed by atoms with Crippen molar-refractivity contribution in [2.24, 2.45) is 5.92 Å². The van der Waals surface area contributed by atoms with Gasteiger partial charge in [-0.1, -0.05) is 0 Å². The molecule has 20 heavy (non-hydrogen) atoms. The average molecular weight is 279 g/mol. The fraction of sp³-hybridized carbons (Fsp3) is 0.733. The van der Waals surface area contributed by atoms with E-state index in [4.69, 9.17) is 4.74 Å². The summed E-state index contributed by atoms with van der Waals surface area (Å²) >= 11 is 0. The SMILES string of the molecule is CCOC(=O)C1CCC(NCc2cncn2CC)CC1. The number of hydrogen-bond donors (Lipinski definition) is 1. The molecule has 0 aromatic carbocycles. The van der Waals surface area contributed by atoms with Crippen LogP contribution in [0.2, 0.25) is 0 Å². The monoisotopic (exact) mass is 279 g/mol. The maximum absolute atomic E-state index is 11.7. The molecule has 0 amide bonds. The van der Waals surface area contributed by atoms with Gasteiger partial charge in [-0.15, -0.1) is 0 Å². The molecule has 0 atom stereocenters. The quantitative estimate of drug-likeness (QED) is 0.810. The topological polar surface area (TPSA) is 56.1 Å². The minimum atomic E-state index is -0.0185. The molecule has 1 aliphatic rings. The highest BCUT2D eigenvalue weighted by atomic mass is 16.5. The third-order valence-corrected chi connectivity index (χ3v) is 4.06. The van der Waals surface area contributed by atoms with Crippen LogP contribution in [0.4, 0.5) is 0 Å². The Labute approximate surface area is 120 Å². The van der Waals surface area contributed by atoms with E-state index in [-0.39, 0.29) is 11.9 Å². The molecule has 1 heterocycles. The number of carbonyl (C=O) groups excluding carboxylic acids is 1. The van der Waals surface area contributed by atoms with Crippen LogP contribution in [0, 0.1) is 5.92 Å². The lowest BCUT2D eigenvalue weighted by Crippen LogP contribution is -2.35. The molecule has 5 nitrogen and oxygen atoms in total. The Bertz CT molecular complexity index is 423. The molecule has 0 aliphatic heterocycles. The highest BCUT2D eigenvalue weighted by Gasteiger charge is 2.26. The van der Waals surface area contributed by atoms with Crippen molar-refractivity contribution in [3.63, 3.8) is 0 Å². The fourth-order valence-electron chi connectivity index (χ4n) is 2.82. The van der Waals surface area contributed by atoms with Gasteiger partial charge in [-0.2, -0.15) is 0 Å². The largest absolute Gasteiger partial charge is 0.466 e. The molecule has 1 fully saturated rings. The number of aryl methyl sites for hydroxylation is 1. The molecule has 5 heteroatoms. The van der Waals surface area contributed by atoms with Crippen LogP contribution in [-0.2, 0) is 22.6 Å². The van der Waals surface area contributed by atoms with E-state index in [1.165, 1.54) is 5.69 Å². The van der Waals surface area contributed by atoms with Crippen LogP contribution in [-0.4, -0.2) is 28.2 Å². The summed E-state index contributed by atoms with van der Waals surface area (Å²) in [6.07, 6.45) is 7.75. The Morgan fingerprint density at radius 2 is 2.15 bits per heavy atom. The van der Waals surface area contributed by atoms with Crippen LogP contribution < -0.4 is 5.32 Å². The first-order valence-electron chi connectivity index (χ1n) is 7.63. The standard InChI is InChI=1S/C15H25N3O2/c1-3-18-11-16-9-14(18)10-17-13-7-5-12(6-8-13)15(19)20-4-2/h9,11-13,17H,3-8,10H2,1-2H3. The number of rotatable bonds is 6. The van der Waals surface area contributed by atoms with E-state index in [1.54, 1.807) is 0 Å². The number of nitrogens with zero attached hydrogens (tertiary/aromatic N) is 2. The lowest BCUT2D eigenvalue weighted by atomic mass is 9.86. The summed E-state index contributed by atoms with van der Waals surface area (Å²) in [6.45, 7) is 6.27. The van der Waals surface area contributed by atoms with Gasteiger partial charge in [-0.25, -0.2) is 4.98 Å². The number of nitrogens with one attached hydrogen (secondary N) is 1. The van der Waals surface area contributed by atoms with Crippen LogP contribution in [0.15, 0.2) is 12.5 Å². The first-order valence-corrected chi connectivity index (χ1v) is 7.63. The van der Waals surface area contributed by atoms with E-state index in [0.717, 1.165) is 38.8 Å². The lowest BCUT2D eigenvalue weighted by Gasteiger charge is -2.28. The maximum atomic E-state index is 11.7. The molecular weight excluding hydrogens is 254 g/mol. The maximum Gasteiger partial charge on any atom is 0.308 e. The molecule has 0 spiro atoms. The summed E-state index contributed by atoms with van der Waals surface area (Å²) in [5.74, 6) is 0.0872. The van der Waals surface area contributed by atoms with Gasteiger partial charge in [0.05, 0.1) is 24.5 Å². The molecule has 2 rings (SSSR count). The molecule has 0 radical (unpaired) electrons. The van der Waals surface area contributed by atoms with Gasteiger partial charge in [0.15, 0.2) is 0 Å². The predicted molar refractivity (Wildman–Crippen MR) is 77.1 cm³/mol. The number of imidazole rings is 1. The molecule has 1 aromatic heterocycles. The third-order valence-electron chi connectivity index (χ3n) is 4.06. The van der Waals surface area contributed by atoms with Crippen molar-refractivity contribution in [1.82, 2.24) is 14.9 Å². The predicted octanol–water partition coefficient (Wildman–Crippen LogP) is 2.11. The van der Waals surface area contributed by atoms with Crippen LogP contribution in [0.3, 0.4) is 0 Å². The zero-order chi connectivity index (χ0) is 14.4. The van der Waals surface area contributed by atoms with Gasteiger partial charge in [0.1, 0.15) is 0 Å². The Hall–Kier alpha value is -1.36. The zero-order valence-electron chi connectivity index (χ0n) is 12.5. The molecule has 1 aliphatic carbocycles. The first-order chi connectivity index (χ1) is 9.74. The highest BCUT2D eigenvalue weighted by molar-refractivity contribution is 5.72. The van der Waals surface area contributed by atoms with Crippen LogP contribution in [0.1, 0.15) is 45.2 Å². The number of carbonyl (C=O) groups is 1. The van der Waals surface area contributed by atoms with Gasteiger partial charge in [0.2, 0.25) is 0 Å². The van der Waals surface area contributed by atoms with Crippen molar-refractivity contribution in [3.05, 3.63) is 18.2 Å². The molecule has 0 saturated heterocycles. The Kier molecular flexibility index (Phi) is 5.59. The van der Waals surface area contributed by atoms with Gasteiger partial charge < -0.3 is 14.6 Å². The molecular formula is C15H25N3O2.